The summed E-state index contributed by atoms with van der Waals surface area (Å²) in [6.07, 6.45) is -0.810. The second kappa shape index (κ2) is 4.88. The summed E-state index contributed by atoms with van der Waals surface area (Å²) in [4.78, 5) is 11.2. The van der Waals surface area contributed by atoms with E-state index in [4.69, 9.17) is 9.84 Å². The van der Waals surface area contributed by atoms with Gasteiger partial charge in [-0.05, 0) is 19.4 Å². The molecule has 1 atom stereocenters. The summed E-state index contributed by atoms with van der Waals surface area (Å²) in [5, 5.41) is 8.94. The molecule has 0 saturated heterocycles. The molecular formula is C11H14O3. The summed E-state index contributed by atoms with van der Waals surface area (Å²) in [5.74, 6) is 0.00907. The van der Waals surface area contributed by atoms with Crippen molar-refractivity contribution in [1.29, 1.82) is 0 Å². The first-order chi connectivity index (χ1) is 6.61. The highest BCUT2D eigenvalue weighted by Crippen LogP contribution is 2.11. The molecule has 0 spiro atoms. The number of rotatable bonds is 4. The number of hydrogen-bond acceptors (Lipinski definition) is 3. The number of hydrogen-bond donors (Lipinski definition) is 1. The predicted octanol–water partition coefficient (Wildman–Crippen LogP) is 1.74. The lowest BCUT2D eigenvalue weighted by molar-refractivity contribution is -0.0940. The molecule has 0 heterocycles. The Morgan fingerprint density at radius 3 is 2.71 bits per heavy atom. The average Bonchev–Trinajstić information content (AvgIpc) is 2.15. The van der Waals surface area contributed by atoms with Crippen molar-refractivity contribution in [3.05, 3.63) is 35.4 Å². The Morgan fingerprint density at radius 2 is 2.14 bits per heavy atom. The molecule has 76 valence electrons. The molecule has 0 aliphatic carbocycles. The highest BCUT2D eigenvalue weighted by atomic mass is 16.6. The molecule has 1 rings (SSSR count). The molecule has 0 aliphatic heterocycles. The number of carbonyl (C=O) groups is 1. The van der Waals surface area contributed by atoms with E-state index in [-0.39, 0.29) is 12.4 Å². The molecule has 0 radical (unpaired) electrons. The number of ether oxygens (including phenoxy) is 1. The van der Waals surface area contributed by atoms with Gasteiger partial charge < -0.3 is 9.84 Å². The van der Waals surface area contributed by atoms with E-state index in [1.807, 2.05) is 18.2 Å². The number of aliphatic hydroxyl groups is 1. The minimum Gasteiger partial charge on any atom is -0.368 e. The Labute approximate surface area is 83.3 Å². The highest BCUT2D eigenvalue weighted by molar-refractivity contribution is 5.95. The van der Waals surface area contributed by atoms with E-state index in [1.165, 1.54) is 13.8 Å². The first-order valence-corrected chi connectivity index (χ1v) is 4.49. The van der Waals surface area contributed by atoms with Gasteiger partial charge in [-0.2, -0.15) is 0 Å². The summed E-state index contributed by atoms with van der Waals surface area (Å²) in [6.45, 7) is 3.31. The minimum absolute atomic E-state index is 0.00907. The van der Waals surface area contributed by atoms with Crippen LogP contribution in [0.2, 0.25) is 0 Å². The van der Waals surface area contributed by atoms with Crippen LogP contribution in [-0.2, 0) is 11.3 Å². The standard InChI is InChI=1S/C11H14O3/c1-8(12)11-6-4-3-5-10(11)7-14-9(2)13/h3-6,9,13H,7H2,1-2H3. The SMILES string of the molecule is CC(=O)c1ccccc1COC(C)O. The molecule has 0 fully saturated rings. The van der Waals surface area contributed by atoms with E-state index in [0.29, 0.717) is 5.56 Å². The van der Waals surface area contributed by atoms with Crippen LogP contribution in [0.3, 0.4) is 0 Å². The van der Waals surface area contributed by atoms with Gasteiger partial charge in [0, 0.05) is 5.56 Å². The van der Waals surface area contributed by atoms with Crippen LogP contribution in [0.15, 0.2) is 24.3 Å². The van der Waals surface area contributed by atoms with Gasteiger partial charge in [0.1, 0.15) is 0 Å². The molecule has 0 bridgehead atoms. The third-order valence-electron chi connectivity index (χ3n) is 1.88. The summed E-state index contributed by atoms with van der Waals surface area (Å²) in [7, 11) is 0. The van der Waals surface area contributed by atoms with Crippen molar-refractivity contribution in [1.82, 2.24) is 0 Å². The zero-order chi connectivity index (χ0) is 10.6. The molecule has 0 aromatic heterocycles. The van der Waals surface area contributed by atoms with Crippen LogP contribution in [-0.4, -0.2) is 17.2 Å². The van der Waals surface area contributed by atoms with Crippen LogP contribution < -0.4 is 0 Å². The lowest BCUT2D eigenvalue weighted by Crippen LogP contribution is -2.08. The molecule has 0 amide bonds. The number of benzene rings is 1. The smallest absolute Gasteiger partial charge is 0.160 e. The molecule has 1 N–H and O–H groups in total. The topological polar surface area (TPSA) is 46.5 Å². The third kappa shape index (κ3) is 2.94. The van der Waals surface area contributed by atoms with Gasteiger partial charge in [-0.15, -0.1) is 0 Å². The van der Waals surface area contributed by atoms with Gasteiger partial charge in [0.15, 0.2) is 12.1 Å². The summed E-state index contributed by atoms with van der Waals surface area (Å²) in [5.41, 5.74) is 1.45. The Bertz CT molecular complexity index is 318. The van der Waals surface area contributed by atoms with E-state index >= 15 is 0 Å². The first-order valence-electron chi connectivity index (χ1n) is 4.49. The van der Waals surface area contributed by atoms with E-state index in [2.05, 4.69) is 0 Å². The van der Waals surface area contributed by atoms with Crippen LogP contribution in [0.5, 0.6) is 0 Å². The van der Waals surface area contributed by atoms with Gasteiger partial charge in [-0.3, -0.25) is 4.79 Å². The lowest BCUT2D eigenvalue weighted by Gasteiger charge is -2.09. The molecule has 3 heteroatoms. The number of carbonyl (C=O) groups excluding carboxylic acids is 1. The highest BCUT2D eigenvalue weighted by Gasteiger charge is 2.06. The van der Waals surface area contributed by atoms with Crippen molar-refractivity contribution in [2.75, 3.05) is 0 Å². The maximum atomic E-state index is 11.2. The normalized spacial score (nSPS) is 12.5. The predicted molar refractivity (Wildman–Crippen MR) is 52.9 cm³/mol. The van der Waals surface area contributed by atoms with Gasteiger partial charge in [-0.1, -0.05) is 24.3 Å². The second-order valence-corrected chi connectivity index (χ2v) is 3.12. The molecule has 1 aromatic rings. The number of aliphatic hydroxyl groups excluding tert-OH is 1. The van der Waals surface area contributed by atoms with Crippen LogP contribution in [0.4, 0.5) is 0 Å². The van der Waals surface area contributed by atoms with Crippen molar-refractivity contribution < 1.29 is 14.6 Å². The quantitative estimate of drug-likeness (QED) is 0.586. The minimum atomic E-state index is -0.810. The third-order valence-corrected chi connectivity index (χ3v) is 1.88. The molecule has 1 unspecified atom stereocenters. The van der Waals surface area contributed by atoms with Gasteiger partial charge in [-0.25, -0.2) is 0 Å². The maximum Gasteiger partial charge on any atom is 0.160 e. The Kier molecular flexibility index (Phi) is 3.80. The summed E-state index contributed by atoms with van der Waals surface area (Å²) < 4.78 is 5.02. The van der Waals surface area contributed by atoms with Gasteiger partial charge in [0.25, 0.3) is 0 Å². The summed E-state index contributed by atoms with van der Waals surface area (Å²) >= 11 is 0. The van der Waals surface area contributed by atoms with Crippen molar-refractivity contribution in [3.8, 4) is 0 Å². The van der Waals surface area contributed by atoms with Crippen molar-refractivity contribution in [3.63, 3.8) is 0 Å². The molecule has 14 heavy (non-hydrogen) atoms. The lowest BCUT2D eigenvalue weighted by atomic mass is 10.1. The van der Waals surface area contributed by atoms with E-state index < -0.39 is 6.29 Å². The Balaban J connectivity index is 2.79. The molecular weight excluding hydrogens is 180 g/mol. The van der Waals surface area contributed by atoms with E-state index in [9.17, 15) is 4.79 Å². The maximum absolute atomic E-state index is 11.2. The molecule has 1 aromatic carbocycles. The number of Topliss-reactive ketones (excluding diaryl/α,β-unsaturated/α-hetero) is 1. The van der Waals surface area contributed by atoms with Crippen molar-refractivity contribution in [2.24, 2.45) is 0 Å². The summed E-state index contributed by atoms with van der Waals surface area (Å²) in [6, 6.07) is 7.22. The van der Waals surface area contributed by atoms with Gasteiger partial charge >= 0.3 is 0 Å². The van der Waals surface area contributed by atoms with E-state index in [0.717, 1.165) is 5.56 Å². The zero-order valence-corrected chi connectivity index (χ0v) is 8.36. The zero-order valence-electron chi connectivity index (χ0n) is 8.36. The average molecular weight is 194 g/mol. The number of ketones is 1. The van der Waals surface area contributed by atoms with Crippen LogP contribution in [0.25, 0.3) is 0 Å². The van der Waals surface area contributed by atoms with Crippen LogP contribution >= 0.6 is 0 Å². The van der Waals surface area contributed by atoms with Gasteiger partial charge in [0.2, 0.25) is 0 Å². The fourth-order valence-corrected chi connectivity index (χ4v) is 1.20. The Morgan fingerprint density at radius 1 is 1.50 bits per heavy atom. The monoisotopic (exact) mass is 194 g/mol. The second-order valence-electron chi connectivity index (χ2n) is 3.12. The van der Waals surface area contributed by atoms with Crippen molar-refractivity contribution in [2.45, 2.75) is 26.7 Å². The molecule has 3 nitrogen and oxygen atoms in total. The first kappa shape index (κ1) is 10.9. The van der Waals surface area contributed by atoms with Gasteiger partial charge in [0.05, 0.1) is 6.61 Å². The van der Waals surface area contributed by atoms with Crippen molar-refractivity contribution >= 4 is 5.78 Å². The van der Waals surface area contributed by atoms with Crippen LogP contribution in [0, 0.1) is 0 Å². The fraction of sp³-hybridized carbons (Fsp3) is 0.364. The molecule has 0 saturated carbocycles. The van der Waals surface area contributed by atoms with E-state index in [1.54, 1.807) is 6.07 Å². The van der Waals surface area contributed by atoms with Crippen LogP contribution in [0.1, 0.15) is 29.8 Å². The largest absolute Gasteiger partial charge is 0.368 e. The molecule has 0 aliphatic rings. The Hall–Kier alpha value is -1.19. The fourth-order valence-electron chi connectivity index (χ4n) is 1.20.